The number of hydrogen-bond donors (Lipinski definition) is 0. The van der Waals surface area contributed by atoms with Crippen molar-refractivity contribution in [1.29, 1.82) is 0 Å². The molecule has 1 aliphatic heterocycles. The number of rotatable bonds is 3. The van der Waals surface area contributed by atoms with Gasteiger partial charge in [0.1, 0.15) is 0 Å². The van der Waals surface area contributed by atoms with Crippen molar-refractivity contribution in [3.8, 4) is 0 Å². The maximum absolute atomic E-state index is 12.9. The SMILES string of the molecule is CCN1CCN(C(=O)C2(c3cccc(Br)c3)CC2)CC1. The predicted octanol–water partition coefficient (Wildman–Crippen LogP) is 2.64. The lowest BCUT2D eigenvalue weighted by atomic mass is 9.94. The lowest BCUT2D eigenvalue weighted by molar-refractivity contribution is -0.135. The van der Waals surface area contributed by atoms with Gasteiger partial charge in [-0.3, -0.25) is 4.79 Å². The van der Waals surface area contributed by atoms with Crippen molar-refractivity contribution in [1.82, 2.24) is 9.80 Å². The number of carbonyl (C=O) groups excluding carboxylic acids is 1. The summed E-state index contributed by atoms with van der Waals surface area (Å²) in [6.07, 6.45) is 1.99. The molecule has 0 unspecified atom stereocenters. The topological polar surface area (TPSA) is 23.6 Å². The van der Waals surface area contributed by atoms with Gasteiger partial charge in [-0.2, -0.15) is 0 Å². The highest BCUT2D eigenvalue weighted by atomic mass is 79.9. The summed E-state index contributed by atoms with van der Waals surface area (Å²) in [6.45, 7) is 7.04. The first-order chi connectivity index (χ1) is 9.65. The Balaban J connectivity index is 1.74. The number of halogens is 1. The molecule has 0 atom stereocenters. The smallest absolute Gasteiger partial charge is 0.233 e. The monoisotopic (exact) mass is 336 g/mol. The molecule has 108 valence electrons. The Morgan fingerprint density at radius 3 is 2.50 bits per heavy atom. The molecule has 0 N–H and O–H groups in total. The maximum Gasteiger partial charge on any atom is 0.233 e. The quantitative estimate of drug-likeness (QED) is 0.847. The van der Waals surface area contributed by atoms with Crippen LogP contribution in [0.25, 0.3) is 0 Å². The zero-order valence-corrected chi connectivity index (χ0v) is 13.5. The minimum atomic E-state index is -0.224. The van der Waals surface area contributed by atoms with Gasteiger partial charge >= 0.3 is 0 Å². The summed E-state index contributed by atoms with van der Waals surface area (Å²) in [5.74, 6) is 0.339. The summed E-state index contributed by atoms with van der Waals surface area (Å²) in [7, 11) is 0. The van der Waals surface area contributed by atoms with E-state index in [0.29, 0.717) is 5.91 Å². The third-order valence-corrected chi connectivity index (χ3v) is 5.14. The van der Waals surface area contributed by atoms with Crippen molar-refractivity contribution >= 4 is 21.8 Å². The Hall–Kier alpha value is -0.870. The summed E-state index contributed by atoms with van der Waals surface area (Å²) in [4.78, 5) is 17.4. The predicted molar refractivity (Wildman–Crippen MR) is 83.7 cm³/mol. The molecule has 20 heavy (non-hydrogen) atoms. The highest BCUT2D eigenvalue weighted by Crippen LogP contribution is 2.50. The molecule has 0 radical (unpaired) electrons. The highest BCUT2D eigenvalue weighted by molar-refractivity contribution is 9.10. The Kier molecular flexibility index (Phi) is 3.87. The van der Waals surface area contributed by atoms with Crippen LogP contribution >= 0.6 is 15.9 Å². The van der Waals surface area contributed by atoms with Crippen molar-refractivity contribution in [2.45, 2.75) is 25.2 Å². The van der Waals surface area contributed by atoms with Crippen molar-refractivity contribution in [2.75, 3.05) is 32.7 Å². The third kappa shape index (κ3) is 2.51. The summed E-state index contributed by atoms with van der Waals surface area (Å²) >= 11 is 3.51. The summed E-state index contributed by atoms with van der Waals surface area (Å²) < 4.78 is 1.06. The van der Waals surface area contributed by atoms with Crippen molar-refractivity contribution in [3.63, 3.8) is 0 Å². The molecule has 1 heterocycles. The van der Waals surface area contributed by atoms with Gasteiger partial charge in [0.05, 0.1) is 5.41 Å². The molecule has 2 aliphatic rings. The molecule has 4 heteroatoms. The van der Waals surface area contributed by atoms with Gasteiger partial charge in [0, 0.05) is 30.7 Å². The van der Waals surface area contributed by atoms with Crippen molar-refractivity contribution < 1.29 is 4.79 Å². The van der Waals surface area contributed by atoms with Gasteiger partial charge in [-0.05, 0) is 37.1 Å². The van der Waals surface area contributed by atoms with Gasteiger partial charge in [0.2, 0.25) is 5.91 Å². The lowest BCUT2D eigenvalue weighted by Gasteiger charge is -2.36. The minimum Gasteiger partial charge on any atom is -0.339 e. The Bertz CT molecular complexity index is 505. The summed E-state index contributed by atoms with van der Waals surface area (Å²) in [6, 6.07) is 8.25. The molecule has 3 nitrogen and oxygen atoms in total. The van der Waals surface area contributed by atoms with Crippen LogP contribution in [-0.2, 0) is 10.2 Å². The van der Waals surface area contributed by atoms with E-state index in [9.17, 15) is 4.79 Å². The minimum absolute atomic E-state index is 0.224. The second-order valence-corrected chi connectivity index (χ2v) is 6.73. The standard InChI is InChI=1S/C16H21BrN2O/c1-2-18-8-10-19(11-9-18)15(20)16(6-7-16)13-4-3-5-14(17)12-13/h3-5,12H,2,6-11H2,1H3. The summed E-state index contributed by atoms with van der Waals surface area (Å²) in [5.41, 5.74) is 0.952. The average molecular weight is 337 g/mol. The fourth-order valence-electron chi connectivity index (χ4n) is 3.11. The van der Waals surface area contributed by atoms with Crippen LogP contribution < -0.4 is 0 Å². The fraction of sp³-hybridized carbons (Fsp3) is 0.562. The van der Waals surface area contributed by atoms with Crippen LogP contribution in [0.1, 0.15) is 25.3 Å². The first kappa shape index (κ1) is 14.1. The van der Waals surface area contributed by atoms with E-state index in [4.69, 9.17) is 0 Å². The normalized spacial score (nSPS) is 21.8. The van der Waals surface area contributed by atoms with E-state index in [1.165, 1.54) is 5.56 Å². The van der Waals surface area contributed by atoms with E-state index in [1.807, 2.05) is 12.1 Å². The lowest BCUT2D eigenvalue weighted by Crippen LogP contribution is -2.51. The number of carbonyl (C=O) groups is 1. The third-order valence-electron chi connectivity index (χ3n) is 4.64. The van der Waals surface area contributed by atoms with E-state index < -0.39 is 0 Å². The van der Waals surface area contributed by atoms with E-state index in [1.54, 1.807) is 0 Å². The van der Waals surface area contributed by atoms with E-state index in [-0.39, 0.29) is 5.41 Å². The van der Waals surface area contributed by atoms with Gasteiger partial charge in [0.15, 0.2) is 0 Å². The van der Waals surface area contributed by atoms with Crippen LogP contribution in [0.4, 0.5) is 0 Å². The molecule has 1 amide bonds. The Morgan fingerprint density at radius 1 is 1.25 bits per heavy atom. The van der Waals surface area contributed by atoms with E-state index in [2.05, 4.69) is 44.8 Å². The molecule has 1 aromatic carbocycles. The largest absolute Gasteiger partial charge is 0.339 e. The first-order valence-electron chi connectivity index (χ1n) is 7.43. The van der Waals surface area contributed by atoms with Crippen molar-refractivity contribution in [2.24, 2.45) is 0 Å². The number of benzene rings is 1. The molecule has 1 saturated carbocycles. The van der Waals surface area contributed by atoms with Gasteiger partial charge < -0.3 is 9.80 Å². The number of likely N-dealkylation sites (N-methyl/N-ethyl adjacent to an activating group) is 1. The Labute approximate surface area is 129 Å². The number of hydrogen-bond acceptors (Lipinski definition) is 2. The van der Waals surface area contributed by atoms with Gasteiger partial charge in [-0.25, -0.2) is 0 Å². The molecule has 1 aromatic rings. The highest BCUT2D eigenvalue weighted by Gasteiger charge is 2.53. The summed E-state index contributed by atoms with van der Waals surface area (Å²) in [5, 5.41) is 0. The van der Waals surface area contributed by atoms with Gasteiger partial charge in [-0.15, -0.1) is 0 Å². The van der Waals surface area contributed by atoms with Crippen LogP contribution in [0.15, 0.2) is 28.7 Å². The molecule has 2 fully saturated rings. The number of nitrogens with zero attached hydrogens (tertiary/aromatic N) is 2. The maximum atomic E-state index is 12.9. The number of amides is 1. The zero-order valence-electron chi connectivity index (χ0n) is 11.9. The van der Waals surface area contributed by atoms with Crippen LogP contribution in [0, 0.1) is 0 Å². The van der Waals surface area contributed by atoms with Gasteiger partial charge in [0.25, 0.3) is 0 Å². The van der Waals surface area contributed by atoms with Crippen LogP contribution in [0.2, 0.25) is 0 Å². The van der Waals surface area contributed by atoms with Crippen molar-refractivity contribution in [3.05, 3.63) is 34.3 Å². The van der Waals surface area contributed by atoms with E-state index in [0.717, 1.165) is 50.0 Å². The second kappa shape index (κ2) is 5.49. The molecule has 1 saturated heterocycles. The average Bonchev–Trinajstić information content (AvgIpc) is 3.28. The van der Waals surface area contributed by atoms with Crippen LogP contribution in [0.5, 0.6) is 0 Å². The first-order valence-corrected chi connectivity index (χ1v) is 8.23. The van der Waals surface area contributed by atoms with Crippen LogP contribution in [0.3, 0.4) is 0 Å². The molecule has 1 aliphatic carbocycles. The molecule has 0 spiro atoms. The van der Waals surface area contributed by atoms with Crippen LogP contribution in [-0.4, -0.2) is 48.4 Å². The molecular formula is C16H21BrN2O. The molecular weight excluding hydrogens is 316 g/mol. The molecule has 0 aromatic heterocycles. The van der Waals surface area contributed by atoms with Gasteiger partial charge in [-0.1, -0.05) is 35.0 Å². The second-order valence-electron chi connectivity index (χ2n) is 5.82. The molecule has 0 bridgehead atoms. The zero-order chi connectivity index (χ0) is 14.2. The molecule has 3 rings (SSSR count). The number of piperazine rings is 1. The Morgan fingerprint density at radius 2 is 1.95 bits per heavy atom. The fourth-order valence-corrected chi connectivity index (χ4v) is 3.51. The van der Waals surface area contributed by atoms with E-state index >= 15 is 0 Å².